The highest BCUT2D eigenvalue weighted by Crippen LogP contribution is 2.37. The monoisotopic (exact) mass is 578 g/mol. The van der Waals surface area contributed by atoms with E-state index in [1.807, 2.05) is 18.2 Å². The maximum absolute atomic E-state index is 13.2. The number of nitrogens with zero attached hydrogens (tertiary/aromatic N) is 4. The minimum absolute atomic E-state index is 0.0667. The van der Waals surface area contributed by atoms with Crippen LogP contribution in [0.15, 0.2) is 64.6 Å². The first-order valence-electron chi connectivity index (χ1n) is 13.5. The van der Waals surface area contributed by atoms with Crippen LogP contribution in [0.2, 0.25) is 0 Å². The molecule has 0 aliphatic carbocycles. The van der Waals surface area contributed by atoms with Crippen LogP contribution in [0.25, 0.3) is 0 Å². The third kappa shape index (κ3) is 6.34. The number of rotatable bonds is 7. The number of hydrogen-bond acceptors (Lipinski definition) is 6. The van der Waals surface area contributed by atoms with Crippen LogP contribution in [0.3, 0.4) is 0 Å². The number of piperidine rings is 1. The smallest absolute Gasteiger partial charge is 0.388 e. The predicted octanol–water partition coefficient (Wildman–Crippen LogP) is 3.78. The predicted molar refractivity (Wildman–Crippen MR) is 143 cm³/mol. The Hall–Kier alpha value is -2.96. The number of oxime groups is 1. The molecule has 5 rings (SSSR count). The molecule has 0 aromatic heterocycles. The summed E-state index contributed by atoms with van der Waals surface area (Å²) in [5, 5.41) is 4.09. The average molecular weight is 579 g/mol. The first-order chi connectivity index (χ1) is 19.1. The molecular formula is C28H33F3N4O4S. The van der Waals surface area contributed by atoms with Gasteiger partial charge in [-0.05, 0) is 43.1 Å². The lowest BCUT2D eigenvalue weighted by atomic mass is 9.87. The highest BCUT2D eigenvalue weighted by Gasteiger charge is 2.46. The van der Waals surface area contributed by atoms with Crippen molar-refractivity contribution in [2.75, 3.05) is 45.8 Å². The SMILES string of the molecule is O=C(C1=NOC2(CCN(S(=O)(=O)c3cccc(C(F)(F)F)c3)CC2)C1)N1CCN(CCCc2ccccc2)CC1. The first kappa shape index (κ1) is 28.6. The average Bonchev–Trinajstić information content (AvgIpc) is 3.36. The fourth-order valence-corrected chi connectivity index (χ4v) is 7.02. The standard InChI is InChI=1S/C28H33F3N4O4S/c29-28(30,31)23-9-4-10-24(20-23)40(37,38)35-14-11-27(12-15-35)21-25(32-39-27)26(36)34-18-16-33(17-19-34)13-5-8-22-6-2-1-3-7-22/h1-4,6-7,9-10,20H,5,8,11-19,21H2. The number of carbonyl (C=O) groups excluding carboxylic acids is 1. The van der Waals surface area contributed by atoms with E-state index in [0.29, 0.717) is 44.1 Å². The van der Waals surface area contributed by atoms with Gasteiger partial charge in [-0.3, -0.25) is 9.69 Å². The second-order valence-corrected chi connectivity index (χ2v) is 12.6. The Bertz CT molecular complexity index is 1330. The molecule has 3 aliphatic rings. The Morgan fingerprint density at radius 1 is 0.950 bits per heavy atom. The van der Waals surface area contributed by atoms with Gasteiger partial charge in [0.2, 0.25) is 10.0 Å². The minimum atomic E-state index is -4.63. The summed E-state index contributed by atoms with van der Waals surface area (Å²) in [4.78, 5) is 22.6. The van der Waals surface area contributed by atoms with Crippen LogP contribution >= 0.6 is 0 Å². The van der Waals surface area contributed by atoms with E-state index in [-0.39, 0.29) is 19.0 Å². The maximum atomic E-state index is 13.2. The molecular weight excluding hydrogens is 545 g/mol. The Kier molecular flexibility index (Phi) is 8.21. The van der Waals surface area contributed by atoms with Gasteiger partial charge in [0.05, 0.1) is 10.5 Å². The van der Waals surface area contributed by atoms with Crippen LogP contribution in [0, 0.1) is 0 Å². The maximum Gasteiger partial charge on any atom is 0.416 e. The van der Waals surface area contributed by atoms with Crippen LogP contribution in [-0.4, -0.2) is 85.6 Å². The Labute approximate surface area is 232 Å². The number of hydrogen-bond donors (Lipinski definition) is 0. The zero-order valence-corrected chi connectivity index (χ0v) is 23.0. The molecule has 0 unspecified atom stereocenters. The van der Waals surface area contributed by atoms with Crippen LogP contribution < -0.4 is 0 Å². The van der Waals surface area contributed by atoms with Crippen molar-refractivity contribution < 1.29 is 31.2 Å². The van der Waals surface area contributed by atoms with Crippen molar-refractivity contribution in [3.8, 4) is 0 Å². The largest absolute Gasteiger partial charge is 0.416 e. The topological polar surface area (TPSA) is 82.5 Å². The highest BCUT2D eigenvalue weighted by atomic mass is 32.2. The van der Waals surface area contributed by atoms with Gasteiger partial charge in [0.15, 0.2) is 0 Å². The fraction of sp³-hybridized carbons (Fsp3) is 0.500. The van der Waals surface area contributed by atoms with Crippen molar-refractivity contribution in [1.82, 2.24) is 14.1 Å². The van der Waals surface area contributed by atoms with Gasteiger partial charge in [-0.1, -0.05) is 41.6 Å². The Morgan fingerprint density at radius 2 is 1.65 bits per heavy atom. The number of benzene rings is 2. The lowest BCUT2D eigenvalue weighted by Crippen LogP contribution is -2.51. The first-order valence-corrected chi connectivity index (χ1v) is 15.0. The van der Waals surface area contributed by atoms with Crippen molar-refractivity contribution in [3.05, 3.63) is 65.7 Å². The summed E-state index contributed by atoms with van der Waals surface area (Å²) in [5.74, 6) is -0.153. The van der Waals surface area contributed by atoms with Gasteiger partial charge in [-0.15, -0.1) is 0 Å². The molecule has 12 heteroatoms. The quantitative estimate of drug-likeness (QED) is 0.500. The summed E-state index contributed by atoms with van der Waals surface area (Å²) < 4.78 is 66.5. The van der Waals surface area contributed by atoms with E-state index in [1.54, 1.807) is 4.90 Å². The van der Waals surface area contributed by atoms with E-state index in [1.165, 1.54) is 15.9 Å². The second-order valence-electron chi connectivity index (χ2n) is 10.6. The summed E-state index contributed by atoms with van der Waals surface area (Å²) in [6, 6.07) is 14.1. The van der Waals surface area contributed by atoms with E-state index in [4.69, 9.17) is 4.84 Å². The molecule has 0 N–H and O–H groups in total. The summed E-state index contributed by atoms with van der Waals surface area (Å²) in [6.45, 7) is 3.92. The van der Waals surface area contributed by atoms with Crippen molar-refractivity contribution in [3.63, 3.8) is 0 Å². The number of piperazine rings is 1. The summed E-state index contributed by atoms with van der Waals surface area (Å²) >= 11 is 0. The number of aryl methyl sites for hydroxylation is 1. The number of amides is 1. The van der Waals surface area contributed by atoms with Crippen LogP contribution in [0.5, 0.6) is 0 Å². The third-order valence-electron chi connectivity index (χ3n) is 7.96. The molecule has 1 amide bonds. The van der Waals surface area contributed by atoms with Crippen LogP contribution in [0.4, 0.5) is 13.2 Å². The summed E-state index contributed by atoms with van der Waals surface area (Å²) in [5.41, 5.74) is -0.120. The molecule has 0 radical (unpaired) electrons. The van der Waals surface area contributed by atoms with Crippen molar-refractivity contribution >= 4 is 21.6 Å². The Morgan fingerprint density at radius 3 is 2.33 bits per heavy atom. The molecule has 216 valence electrons. The van der Waals surface area contributed by atoms with E-state index in [0.717, 1.165) is 44.6 Å². The number of halogens is 3. The molecule has 0 atom stereocenters. The second kappa shape index (κ2) is 11.5. The third-order valence-corrected chi connectivity index (χ3v) is 9.86. The molecule has 2 aromatic carbocycles. The summed E-state index contributed by atoms with van der Waals surface area (Å²) in [7, 11) is -4.11. The molecule has 2 fully saturated rings. The van der Waals surface area contributed by atoms with Crippen LogP contribution in [-0.2, 0) is 32.3 Å². The lowest BCUT2D eigenvalue weighted by molar-refractivity contribution is -0.137. The van der Waals surface area contributed by atoms with Gasteiger partial charge in [-0.2, -0.15) is 17.5 Å². The van der Waals surface area contributed by atoms with Crippen LogP contribution in [0.1, 0.15) is 36.8 Å². The zero-order valence-electron chi connectivity index (χ0n) is 22.1. The molecule has 3 heterocycles. The van der Waals surface area contributed by atoms with Gasteiger partial charge in [0.1, 0.15) is 11.3 Å². The molecule has 2 aromatic rings. The number of alkyl halides is 3. The molecule has 8 nitrogen and oxygen atoms in total. The molecule has 1 spiro atoms. The van der Waals surface area contributed by atoms with E-state index >= 15 is 0 Å². The van der Waals surface area contributed by atoms with Crippen molar-refractivity contribution in [2.24, 2.45) is 5.16 Å². The lowest BCUT2D eigenvalue weighted by Gasteiger charge is -2.37. The van der Waals surface area contributed by atoms with Gasteiger partial charge < -0.3 is 9.74 Å². The molecule has 0 saturated carbocycles. The van der Waals surface area contributed by atoms with Gasteiger partial charge in [0.25, 0.3) is 5.91 Å². The van der Waals surface area contributed by atoms with Crippen molar-refractivity contribution in [1.29, 1.82) is 0 Å². The van der Waals surface area contributed by atoms with Gasteiger partial charge >= 0.3 is 6.18 Å². The van der Waals surface area contributed by atoms with Gasteiger partial charge in [-0.25, -0.2) is 8.42 Å². The zero-order chi connectivity index (χ0) is 28.4. The number of sulfonamides is 1. The van der Waals surface area contributed by atoms with Gasteiger partial charge in [0, 0.05) is 58.5 Å². The highest BCUT2D eigenvalue weighted by molar-refractivity contribution is 7.89. The van der Waals surface area contributed by atoms with Crippen molar-refractivity contribution in [2.45, 2.75) is 48.8 Å². The molecule has 0 bridgehead atoms. The van der Waals surface area contributed by atoms with E-state index in [2.05, 4.69) is 22.2 Å². The van der Waals surface area contributed by atoms with E-state index < -0.39 is 32.3 Å². The molecule has 40 heavy (non-hydrogen) atoms. The fourth-order valence-electron chi connectivity index (χ4n) is 5.53. The Balaban J connectivity index is 1.09. The normalized spacial score (nSPS) is 20.4. The summed E-state index contributed by atoms with van der Waals surface area (Å²) in [6.07, 6.45) is -1.68. The minimum Gasteiger partial charge on any atom is -0.388 e. The number of carbonyl (C=O) groups is 1. The van der Waals surface area contributed by atoms with E-state index in [9.17, 15) is 26.4 Å². The molecule has 3 aliphatic heterocycles. The molecule has 2 saturated heterocycles.